The van der Waals surface area contributed by atoms with Crippen molar-refractivity contribution < 1.29 is 4.74 Å². The third kappa shape index (κ3) is 3.28. The van der Waals surface area contributed by atoms with E-state index in [0.29, 0.717) is 35.9 Å². The highest BCUT2D eigenvalue weighted by Gasteiger charge is 2.31. The van der Waals surface area contributed by atoms with Crippen LogP contribution in [0.25, 0.3) is 17.2 Å². The van der Waals surface area contributed by atoms with Crippen molar-refractivity contribution in [3.63, 3.8) is 0 Å². The van der Waals surface area contributed by atoms with Crippen LogP contribution in [0.1, 0.15) is 12.6 Å². The van der Waals surface area contributed by atoms with Gasteiger partial charge in [-0.1, -0.05) is 0 Å². The van der Waals surface area contributed by atoms with Gasteiger partial charge in [0.25, 0.3) is 0 Å². The molecule has 1 aliphatic heterocycles. The molecule has 146 valence electrons. The Balaban J connectivity index is 1.71. The van der Waals surface area contributed by atoms with E-state index >= 15 is 0 Å². The van der Waals surface area contributed by atoms with Crippen molar-refractivity contribution in [3.8, 4) is 17.6 Å². The first kappa shape index (κ1) is 18.5. The Morgan fingerprint density at radius 3 is 3.00 bits per heavy atom. The molecule has 10 nitrogen and oxygen atoms in total. The van der Waals surface area contributed by atoms with Crippen molar-refractivity contribution in [2.24, 2.45) is 5.73 Å². The largest absolute Gasteiger partial charge is 0.404 e. The van der Waals surface area contributed by atoms with Crippen LogP contribution in [-0.2, 0) is 4.74 Å². The normalized spacial score (nSPS) is 19.9. The maximum Gasteiger partial charge on any atom is 0.180 e. The molecule has 0 bridgehead atoms. The molecular formula is C19H19N9O. The molecule has 3 aromatic rings. The van der Waals surface area contributed by atoms with Crippen molar-refractivity contribution in [1.82, 2.24) is 24.3 Å². The SMILES string of the molecule is CC1C(/C(C=N)=C/N)OCCN1c1ccnc(-c2cnc3cnc(C#N)cn23)n1. The van der Waals surface area contributed by atoms with E-state index in [9.17, 15) is 0 Å². The maximum atomic E-state index is 9.12. The number of aromatic nitrogens is 5. The number of nitriles is 1. The zero-order valence-corrected chi connectivity index (χ0v) is 15.7. The van der Waals surface area contributed by atoms with Crippen LogP contribution in [0.2, 0.25) is 0 Å². The summed E-state index contributed by atoms with van der Waals surface area (Å²) in [5.74, 6) is 1.23. The summed E-state index contributed by atoms with van der Waals surface area (Å²) in [5.41, 5.74) is 7.83. The van der Waals surface area contributed by atoms with Crippen molar-refractivity contribution in [3.05, 3.63) is 48.3 Å². The number of ether oxygens (including phenoxy) is 1. The summed E-state index contributed by atoms with van der Waals surface area (Å²) in [6.07, 6.45) is 8.81. The molecule has 3 aromatic heterocycles. The third-order valence-corrected chi connectivity index (χ3v) is 4.92. The first-order valence-electron chi connectivity index (χ1n) is 9.03. The lowest BCUT2D eigenvalue weighted by Crippen LogP contribution is -2.51. The number of morpholine rings is 1. The molecule has 0 amide bonds. The summed E-state index contributed by atoms with van der Waals surface area (Å²) in [6, 6.07) is 3.79. The van der Waals surface area contributed by atoms with Gasteiger partial charge in [-0.15, -0.1) is 0 Å². The lowest BCUT2D eigenvalue weighted by Gasteiger charge is -2.40. The number of hydrogen-bond donors (Lipinski definition) is 2. The molecule has 3 N–H and O–H groups in total. The molecule has 0 spiro atoms. The Bertz CT molecular complexity index is 1130. The second-order valence-electron chi connectivity index (χ2n) is 6.53. The van der Waals surface area contributed by atoms with Gasteiger partial charge in [0.05, 0.1) is 25.0 Å². The van der Waals surface area contributed by atoms with Crippen molar-refractivity contribution in [2.75, 3.05) is 18.1 Å². The summed E-state index contributed by atoms with van der Waals surface area (Å²) in [4.78, 5) is 19.6. The van der Waals surface area contributed by atoms with Gasteiger partial charge in [0.15, 0.2) is 17.2 Å². The third-order valence-electron chi connectivity index (χ3n) is 4.92. The van der Waals surface area contributed by atoms with Crippen LogP contribution in [0.4, 0.5) is 5.82 Å². The zero-order valence-electron chi connectivity index (χ0n) is 15.7. The van der Waals surface area contributed by atoms with Crippen LogP contribution in [-0.4, -0.2) is 55.8 Å². The quantitative estimate of drug-likeness (QED) is 0.633. The monoisotopic (exact) mass is 389 g/mol. The number of fused-ring (bicyclic) bond motifs is 1. The van der Waals surface area contributed by atoms with E-state index in [1.807, 2.05) is 19.1 Å². The smallest absolute Gasteiger partial charge is 0.180 e. The highest BCUT2D eigenvalue weighted by Crippen LogP contribution is 2.26. The Labute approximate surface area is 166 Å². The average molecular weight is 389 g/mol. The molecule has 1 fully saturated rings. The Kier molecular flexibility index (Phi) is 4.88. The van der Waals surface area contributed by atoms with Gasteiger partial charge in [-0.2, -0.15) is 5.26 Å². The Hall–Kier alpha value is -3.84. The lowest BCUT2D eigenvalue weighted by atomic mass is 10.0. The van der Waals surface area contributed by atoms with Crippen LogP contribution < -0.4 is 10.6 Å². The maximum absolute atomic E-state index is 9.12. The van der Waals surface area contributed by atoms with E-state index in [2.05, 4.69) is 19.9 Å². The minimum Gasteiger partial charge on any atom is -0.404 e. The van der Waals surface area contributed by atoms with Crippen LogP contribution in [0.3, 0.4) is 0 Å². The molecule has 10 heteroatoms. The van der Waals surface area contributed by atoms with E-state index in [1.165, 1.54) is 12.4 Å². The molecule has 4 rings (SSSR count). The number of anilines is 1. The van der Waals surface area contributed by atoms with Gasteiger partial charge in [-0.05, 0) is 13.0 Å². The second-order valence-corrected chi connectivity index (χ2v) is 6.53. The number of rotatable bonds is 4. The fraction of sp³-hybridized carbons (Fsp3) is 0.263. The van der Waals surface area contributed by atoms with Crippen molar-refractivity contribution in [2.45, 2.75) is 19.1 Å². The van der Waals surface area contributed by atoms with E-state index in [-0.39, 0.29) is 17.8 Å². The topological polar surface area (TPSA) is 142 Å². The first-order chi connectivity index (χ1) is 14.2. The van der Waals surface area contributed by atoms with E-state index in [1.54, 1.807) is 29.2 Å². The molecule has 2 atom stereocenters. The van der Waals surface area contributed by atoms with Gasteiger partial charge in [0.2, 0.25) is 0 Å². The standard InChI is InChI=1S/C19H19N9O/c1-12-18(13(6-20)7-21)29-5-4-27(12)16-2-3-23-19(26-16)15-9-25-17-10-24-14(8-22)11-28(15)17/h2-3,6-7,9-12,18,20H,4-5,21H2,1H3/b13-7+,20-6?. The molecule has 0 saturated carbocycles. The highest BCUT2D eigenvalue weighted by atomic mass is 16.5. The van der Waals surface area contributed by atoms with Gasteiger partial charge in [-0.25, -0.2) is 19.9 Å². The summed E-state index contributed by atoms with van der Waals surface area (Å²) in [6.45, 7) is 3.16. The van der Waals surface area contributed by atoms with Gasteiger partial charge < -0.3 is 20.8 Å². The number of nitrogens with zero attached hydrogens (tertiary/aromatic N) is 7. The molecule has 0 aromatic carbocycles. The number of nitrogens with two attached hydrogens (primary N) is 1. The highest BCUT2D eigenvalue weighted by molar-refractivity contribution is 5.77. The molecule has 2 unspecified atom stereocenters. The van der Waals surface area contributed by atoms with E-state index < -0.39 is 0 Å². The first-order valence-corrected chi connectivity index (χ1v) is 9.03. The van der Waals surface area contributed by atoms with Crippen molar-refractivity contribution in [1.29, 1.82) is 10.7 Å². The summed E-state index contributed by atoms with van der Waals surface area (Å²) < 4.78 is 7.59. The van der Waals surface area contributed by atoms with Gasteiger partial charge in [-0.3, -0.25) is 4.40 Å². The minimum atomic E-state index is -0.315. The van der Waals surface area contributed by atoms with Crippen LogP contribution >= 0.6 is 0 Å². The fourth-order valence-corrected chi connectivity index (χ4v) is 3.45. The summed E-state index contributed by atoms with van der Waals surface area (Å²) in [5, 5.41) is 16.7. The van der Waals surface area contributed by atoms with Crippen LogP contribution in [0.5, 0.6) is 0 Å². The van der Waals surface area contributed by atoms with Crippen molar-refractivity contribution >= 4 is 17.7 Å². The van der Waals surface area contributed by atoms with E-state index in [4.69, 9.17) is 26.1 Å². The van der Waals surface area contributed by atoms with Crippen LogP contribution in [0.15, 0.2) is 42.6 Å². The second kappa shape index (κ2) is 7.65. The fourth-order valence-electron chi connectivity index (χ4n) is 3.45. The van der Waals surface area contributed by atoms with Gasteiger partial charge in [0.1, 0.15) is 23.7 Å². The molecule has 0 aliphatic carbocycles. The molecule has 4 heterocycles. The van der Waals surface area contributed by atoms with Gasteiger partial charge >= 0.3 is 0 Å². The van der Waals surface area contributed by atoms with Crippen LogP contribution in [0, 0.1) is 16.7 Å². The summed E-state index contributed by atoms with van der Waals surface area (Å²) in [7, 11) is 0. The Morgan fingerprint density at radius 1 is 1.38 bits per heavy atom. The molecule has 1 aliphatic rings. The zero-order chi connectivity index (χ0) is 20.4. The summed E-state index contributed by atoms with van der Waals surface area (Å²) >= 11 is 0. The molecule has 1 saturated heterocycles. The lowest BCUT2D eigenvalue weighted by molar-refractivity contribution is 0.0429. The Morgan fingerprint density at radius 2 is 2.24 bits per heavy atom. The number of imidazole rings is 1. The average Bonchev–Trinajstić information content (AvgIpc) is 3.19. The number of hydrogen-bond acceptors (Lipinski definition) is 9. The molecule has 29 heavy (non-hydrogen) atoms. The molecular weight excluding hydrogens is 370 g/mol. The molecule has 0 radical (unpaired) electrons. The predicted octanol–water partition coefficient (Wildman–Crippen LogP) is 1.14. The predicted molar refractivity (Wildman–Crippen MR) is 106 cm³/mol. The minimum absolute atomic E-state index is 0.0699. The van der Waals surface area contributed by atoms with Gasteiger partial charge in [0, 0.05) is 36.9 Å². The number of nitrogens with one attached hydrogen (secondary N) is 1. The van der Waals surface area contributed by atoms with E-state index in [0.717, 1.165) is 5.82 Å².